The Labute approximate surface area is 303 Å². The van der Waals surface area contributed by atoms with Crippen LogP contribution in [0.25, 0.3) is 0 Å². The zero-order valence-electron chi connectivity index (χ0n) is 32.6. The number of amides is 1. The molecule has 0 aliphatic heterocycles. The van der Waals surface area contributed by atoms with Gasteiger partial charge in [0.25, 0.3) is 7.82 Å². The van der Waals surface area contributed by atoms with Gasteiger partial charge in [-0.1, -0.05) is 147 Å². The molecule has 0 aromatic carbocycles. The Bertz CT molecular complexity index is 860. The summed E-state index contributed by atoms with van der Waals surface area (Å²) < 4.78 is 23.1. The van der Waals surface area contributed by atoms with Crippen molar-refractivity contribution in [3.8, 4) is 0 Å². The quantitative estimate of drug-likeness (QED) is 0.0290. The van der Waals surface area contributed by atoms with Crippen LogP contribution < -0.4 is 10.2 Å². The van der Waals surface area contributed by atoms with Gasteiger partial charge in [-0.25, -0.2) is 0 Å². The van der Waals surface area contributed by atoms with Gasteiger partial charge in [0.1, 0.15) is 13.2 Å². The van der Waals surface area contributed by atoms with E-state index in [4.69, 9.17) is 9.05 Å². The zero-order valence-corrected chi connectivity index (χ0v) is 33.5. The van der Waals surface area contributed by atoms with Crippen molar-refractivity contribution in [2.75, 3.05) is 40.9 Å². The minimum absolute atomic E-state index is 0.00293. The van der Waals surface area contributed by atoms with Crippen LogP contribution in [0.4, 0.5) is 0 Å². The molecule has 0 radical (unpaired) electrons. The molecule has 1 amide bonds. The van der Waals surface area contributed by atoms with Gasteiger partial charge in [-0.3, -0.25) is 9.36 Å². The highest BCUT2D eigenvalue weighted by Crippen LogP contribution is 2.38. The number of hydrogen-bond acceptors (Lipinski definition) is 6. The first-order valence-corrected chi connectivity index (χ1v) is 21.7. The lowest BCUT2D eigenvalue weighted by Crippen LogP contribution is -2.45. The number of carbonyl (C=O) groups excluding carboxylic acids is 1. The Morgan fingerprint density at radius 2 is 1.12 bits per heavy atom. The topological polar surface area (TPSA) is 108 Å². The van der Waals surface area contributed by atoms with Crippen LogP contribution in [0.2, 0.25) is 0 Å². The number of aliphatic hydroxyl groups excluding tert-OH is 1. The summed E-state index contributed by atoms with van der Waals surface area (Å²) in [4.78, 5) is 25.2. The van der Waals surface area contributed by atoms with E-state index < -0.39 is 20.0 Å². The number of phosphoric ester groups is 1. The average Bonchev–Trinajstić information content (AvgIpc) is 3.04. The maximum atomic E-state index is 12.8. The maximum Gasteiger partial charge on any atom is 0.268 e. The van der Waals surface area contributed by atoms with Crippen LogP contribution in [0.1, 0.15) is 174 Å². The molecule has 3 unspecified atom stereocenters. The van der Waals surface area contributed by atoms with Crippen molar-refractivity contribution in [2.24, 2.45) is 0 Å². The van der Waals surface area contributed by atoms with Gasteiger partial charge < -0.3 is 28.8 Å². The molecule has 0 saturated carbocycles. The van der Waals surface area contributed by atoms with Crippen molar-refractivity contribution in [2.45, 2.75) is 187 Å². The van der Waals surface area contributed by atoms with Crippen LogP contribution in [0.15, 0.2) is 24.3 Å². The van der Waals surface area contributed by atoms with Crippen LogP contribution in [0.5, 0.6) is 0 Å². The Morgan fingerprint density at radius 1 is 0.694 bits per heavy atom. The lowest BCUT2D eigenvalue weighted by Gasteiger charge is -2.29. The molecule has 9 heteroatoms. The van der Waals surface area contributed by atoms with Crippen LogP contribution >= 0.6 is 7.82 Å². The highest BCUT2D eigenvalue weighted by molar-refractivity contribution is 7.45. The third-order valence-electron chi connectivity index (χ3n) is 8.91. The molecule has 0 saturated heterocycles. The van der Waals surface area contributed by atoms with Crippen LogP contribution in [0.3, 0.4) is 0 Å². The van der Waals surface area contributed by atoms with Gasteiger partial charge >= 0.3 is 0 Å². The molecule has 0 rings (SSSR count). The Balaban J connectivity index is 4.54. The van der Waals surface area contributed by atoms with E-state index in [1.165, 1.54) is 103 Å². The summed E-state index contributed by atoms with van der Waals surface area (Å²) in [5.74, 6) is -0.215. The number of quaternary nitrogens is 1. The number of carbonyl (C=O) groups is 1. The van der Waals surface area contributed by atoms with Gasteiger partial charge in [-0.05, 0) is 44.9 Å². The van der Waals surface area contributed by atoms with Crippen molar-refractivity contribution in [1.29, 1.82) is 0 Å². The minimum Gasteiger partial charge on any atom is -0.756 e. The first-order valence-electron chi connectivity index (χ1n) is 20.2. The highest BCUT2D eigenvalue weighted by atomic mass is 31.2. The molecule has 290 valence electrons. The van der Waals surface area contributed by atoms with E-state index in [0.717, 1.165) is 51.4 Å². The predicted octanol–water partition coefficient (Wildman–Crippen LogP) is 9.94. The maximum absolute atomic E-state index is 12.8. The average molecular weight is 715 g/mol. The van der Waals surface area contributed by atoms with E-state index in [2.05, 4.69) is 31.3 Å². The summed E-state index contributed by atoms with van der Waals surface area (Å²) in [6.07, 6.45) is 36.4. The molecule has 3 atom stereocenters. The second kappa shape index (κ2) is 32.9. The number of rotatable bonds is 36. The fourth-order valence-corrected chi connectivity index (χ4v) is 6.34. The van der Waals surface area contributed by atoms with Gasteiger partial charge in [-0.2, -0.15) is 0 Å². The third-order valence-corrected chi connectivity index (χ3v) is 9.87. The van der Waals surface area contributed by atoms with Gasteiger partial charge in [0.15, 0.2) is 0 Å². The van der Waals surface area contributed by atoms with E-state index in [1.54, 1.807) is 6.08 Å². The lowest BCUT2D eigenvalue weighted by atomic mass is 10.0. The number of likely N-dealkylation sites (N-methyl/N-ethyl adjacent to an activating group) is 1. The van der Waals surface area contributed by atoms with Crippen molar-refractivity contribution >= 4 is 13.7 Å². The molecule has 0 heterocycles. The normalized spacial score (nSPS) is 14.8. The number of hydrogen-bond donors (Lipinski definition) is 2. The highest BCUT2D eigenvalue weighted by Gasteiger charge is 2.23. The molecule has 2 N–H and O–H groups in total. The summed E-state index contributed by atoms with van der Waals surface area (Å²) in [6.45, 7) is 4.61. The van der Waals surface area contributed by atoms with E-state index >= 15 is 0 Å². The van der Waals surface area contributed by atoms with Crippen molar-refractivity contribution in [3.05, 3.63) is 24.3 Å². The molecule has 0 aliphatic carbocycles. The molecule has 0 spiro atoms. The van der Waals surface area contributed by atoms with Crippen LogP contribution in [-0.4, -0.2) is 68.5 Å². The number of aliphatic hydroxyl groups is 1. The Hall–Kier alpha value is -1.02. The second-order valence-corrected chi connectivity index (χ2v) is 16.4. The lowest BCUT2D eigenvalue weighted by molar-refractivity contribution is -0.870. The number of allylic oxidation sites excluding steroid dienone is 3. The van der Waals surface area contributed by atoms with Gasteiger partial charge in [-0.15, -0.1) is 0 Å². The van der Waals surface area contributed by atoms with E-state index in [0.29, 0.717) is 17.4 Å². The Kier molecular flexibility index (Phi) is 32.2. The summed E-state index contributed by atoms with van der Waals surface area (Å²) in [7, 11) is 1.25. The monoisotopic (exact) mass is 715 g/mol. The summed E-state index contributed by atoms with van der Waals surface area (Å²) in [6, 6.07) is -0.889. The van der Waals surface area contributed by atoms with Crippen molar-refractivity contribution in [3.63, 3.8) is 0 Å². The van der Waals surface area contributed by atoms with E-state index in [9.17, 15) is 19.4 Å². The summed E-state index contributed by atoms with van der Waals surface area (Å²) >= 11 is 0. The molecule has 8 nitrogen and oxygen atoms in total. The first-order chi connectivity index (χ1) is 23.5. The van der Waals surface area contributed by atoms with Crippen molar-refractivity contribution < 1.29 is 32.9 Å². The zero-order chi connectivity index (χ0) is 36.5. The fraction of sp³-hybridized carbons (Fsp3) is 0.875. The largest absolute Gasteiger partial charge is 0.756 e. The number of nitrogens with zero attached hydrogens (tertiary/aromatic N) is 1. The molecule has 0 aliphatic rings. The van der Waals surface area contributed by atoms with Gasteiger partial charge in [0.2, 0.25) is 5.91 Å². The molecular formula is C40H79N2O6P. The molecule has 49 heavy (non-hydrogen) atoms. The number of nitrogens with one attached hydrogen (secondary N) is 1. The standard InChI is InChI=1S/C40H79N2O6P/c1-6-8-10-12-14-16-18-20-22-23-25-27-29-31-33-39(43)38(37-48-49(45,46)47-36-35-42(3,4)5)41-40(44)34-32-30-28-26-24-21-19-17-15-13-11-9-7-2/h21,24,31,33,38-39,43H,6-20,22-23,25-30,32,34-37H2,1-5H3,(H-,41,44,45,46)/b24-21-,33-31+. The molecule has 0 fully saturated rings. The van der Waals surface area contributed by atoms with Crippen LogP contribution in [0, 0.1) is 0 Å². The SMILES string of the molecule is CCCCCCCC/C=C\CCCCCC(=O)NC(COP(=O)([O-])OCC[N+](C)(C)C)C(O)/C=C/CCCCCCCCCCCCCC. The predicted molar refractivity (Wildman–Crippen MR) is 205 cm³/mol. The Morgan fingerprint density at radius 3 is 1.59 bits per heavy atom. The molecular weight excluding hydrogens is 635 g/mol. The van der Waals surface area contributed by atoms with Crippen molar-refractivity contribution in [1.82, 2.24) is 5.32 Å². The first kappa shape index (κ1) is 48.0. The molecule has 0 aromatic rings. The van der Waals surface area contributed by atoms with Gasteiger partial charge in [0, 0.05) is 6.42 Å². The fourth-order valence-electron chi connectivity index (χ4n) is 5.62. The summed E-state index contributed by atoms with van der Waals surface area (Å²) in [5, 5.41) is 13.7. The van der Waals surface area contributed by atoms with Crippen LogP contribution in [-0.2, 0) is 18.4 Å². The van der Waals surface area contributed by atoms with E-state index in [-0.39, 0.29) is 19.1 Å². The second-order valence-electron chi connectivity index (χ2n) is 15.0. The number of phosphoric acid groups is 1. The molecule has 0 aromatic heterocycles. The summed E-state index contributed by atoms with van der Waals surface area (Å²) in [5.41, 5.74) is 0. The third kappa shape index (κ3) is 35.2. The molecule has 0 bridgehead atoms. The smallest absolute Gasteiger partial charge is 0.268 e. The van der Waals surface area contributed by atoms with Gasteiger partial charge in [0.05, 0.1) is 39.9 Å². The van der Waals surface area contributed by atoms with E-state index in [1.807, 2.05) is 27.2 Å². The number of unbranched alkanes of at least 4 members (excludes halogenated alkanes) is 21. The minimum atomic E-state index is -4.58.